The van der Waals surface area contributed by atoms with E-state index in [-0.39, 0.29) is 5.92 Å². The molecule has 1 aromatic rings. The molecule has 2 atom stereocenters. The Morgan fingerprint density at radius 2 is 1.91 bits per heavy atom. The van der Waals surface area contributed by atoms with Gasteiger partial charge in [0.05, 0.1) is 0 Å². The highest BCUT2D eigenvalue weighted by Gasteiger charge is 2.38. The number of benzene rings is 1. The monoisotopic (exact) mass is 319 g/mol. The third-order valence-electron chi connectivity index (χ3n) is 4.20. The van der Waals surface area contributed by atoms with Crippen LogP contribution in [0.1, 0.15) is 50.7 Å². The highest BCUT2D eigenvalue weighted by Crippen LogP contribution is 2.32. The number of hydrogen-bond donors (Lipinski definition) is 2. The van der Waals surface area contributed by atoms with Crippen molar-refractivity contribution in [1.82, 2.24) is 5.32 Å². The van der Waals surface area contributed by atoms with Crippen LogP contribution in [0.25, 0.3) is 0 Å². The van der Waals surface area contributed by atoms with Crippen molar-refractivity contribution in [2.75, 3.05) is 0 Å². The second-order valence-electron chi connectivity index (χ2n) is 6.60. The van der Waals surface area contributed by atoms with Crippen molar-refractivity contribution in [3.8, 4) is 5.75 Å². The predicted molar refractivity (Wildman–Crippen MR) is 87.6 cm³/mol. The Morgan fingerprint density at radius 1 is 1.26 bits per heavy atom. The molecule has 5 heteroatoms. The van der Waals surface area contributed by atoms with Crippen LogP contribution < -0.4 is 10.1 Å². The number of nitrogens with one attached hydrogen (secondary N) is 1. The van der Waals surface area contributed by atoms with Gasteiger partial charge in [0, 0.05) is 0 Å². The smallest absolute Gasteiger partial charge is 0.326 e. The van der Waals surface area contributed by atoms with Crippen molar-refractivity contribution in [3.63, 3.8) is 0 Å². The van der Waals surface area contributed by atoms with Crippen LogP contribution in [0.2, 0.25) is 0 Å². The van der Waals surface area contributed by atoms with Crippen LogP contribution in [0.3, 0.4) is 0 Å². The maximum atomic E-state index is 12.2. The van der Waals surface area contributed by atoms with Gasteiger partial charge in [-0.3, -0.25) is 4.79 Å². The number of carboxylic acid groups (broad SMARTS) is 1. The Morgan fingerprint density at radius 3 is 2.39 bits per heavy atom. The van der Waals surface area contributed by atoms with Crippen LogP contribution in [0.5, 0.6) is 5.75 Å². The minimum absolute atomic E-state index is 0.0521. The summed E-state index contributed by atoms with van der Waals surface area (Å²) in [6.07, 6.45) is 0.963. The molecule has 1 aromatic carbocycles. The maximum Gasteiger partial charge on any atom is 0.326 e. The Balaban J connectivity index is 1.97. The van der Waals surface area contributed by atoms with Crippen LogP contribution in [-0.4, -0.2) is 29.1 Å². The molecule has 1 amide bonds. The van der Waals surface area contributed by atoms with Gasteiger partial charge < -0.3 is 15.2 Å². The van der Waals surface area contributed by atoms with Gasteiger partial charge in [-0.25, -0.2) is 4.79 Å². The lowest BCUT2D eigenvalue weighted by Gasteiger charge is -2.19. The minimum atomic E-state index is -0.981. The fourth-order valence-electron chi connectivity index (χ4n) is 2.71. The van der Waals surface area contributed by atoms with E-state index in [1.54, 1.807) is 6.92 Å². The van der Waals surface area contributed by atoms with Crippen molar-refractivity contribution in [2.45, 2.75) is 58.6 Å². The van der Waals surface area contributed by atoms with E-state index in [1.165, 1.54) is 5.56 Å². The number of ether oxygens (including phenoxy) is 1. The van der Waals surface area contributed by atoms with E-state index in [0.717, 1.165) is 18.4 Å². The lowest BCUT2D eigenvalue weighted by molar-refractivity contribution is -0.143. The summed E-state index contributed by atoms with van der Waals surface area (Å²) in [7, 11) is 0. The average Bonchev–Trinajstić information content (AvgIpc) is 3.28. The van der Waals surface area contributed by atoms with Crippen LogP contribution in [-0.2, 0) is 9.59 Å². The zero-order chi connectivity index (χ0) is 17.1. The third-order valence-corrected chi connectivity index (χ3v) is 4.20. The van der Waals surface area contributed by atoms with E-state index in [4.69, 9.17) is 9.84 Å². The maximum absolute atomic E-state index is 12.2. The molecule has 23 heavy (non-hydrogen) atoms. The molecule has 2 rings (SSSR count). The number of aryl methyl sites for hydroxylation is 1. The molecule has 0 spiro atoms. The molecular formula is C18H25NO4. The summed E-state index contributed by atoms with van der Waals surface area (Å²) >= 11 is 0. The van der Waals surface area contributed by atoms with Crippen molar-refractivity contribution < 1.29 is 19.4 Å². The lowest BCUT2D eigenvalue weighted by atomic mass is 9.98. The summed E-state index contributed by atoms with van der Waals surface area (Å²) in [5, 5.41) is 11.7. The van der Waals surface area contributed by atoms with E-state index in [2.05, 4.69) is 19.2 Å². The molecule has 0 saturated heterocycles. The second-order valence-corrected chi connectivity index (χ2v) is 6.60. The lowest BCUT2D eigenvalue weighted by Crippen LogP contribution is -2.47. The molecule has 1 saturated carbocycles. The van der Waals surface area contributed by atoms with Gasteiger partial charge in [-0.2, -0.15) is 0 Å². The predicted octanol–water partition coefficient (Wildman–Crippen LogP) is 2.87. The summed E-state index contributed by atoms with van der Waals surface area (Å²) in [5.74, 6) is -0.274. The molecule has 0 aliphatic heterocycles. The molecule has 126 valence electrons. The minimum Gasteiger partial charge on any atom is -0.481 e. The number of carbonyl (C=O) groups is 2. The third kappa shape index (κ3) is 4.47. The van der Waals surface area contributed by atoms with Gasteiger partial charge in [-0.05, 0) is 61.8 Å². The zero-order valence-corrected chi connectivity index (χ0v) is 14.1. The molecule has 0 bridgehead atoms. The van der Waals surface area contributed by atoms with Crippen molar-refractivity contribution in [3.05, 3.63) is 29.3 Å². The number of carboxylic acids is 1. The van der Waals surface area contributed by atoms with Crippen molar-refractivity contribution in [2.24, 2.45) is 5.92 Å². The Hall–Kier alpha value is -2.04. The van der Waals surface area contributed by atoms with Crippen LogP contribution in [0.15, 0.2) is 18.2 Å². The van der Waals surface area contributed by atoms with Crippen LogP contribution in [0, 0.1) is 12.8 Å². The quantitative estimate of drug-likeness (QED) is 0.810. The molecule has 0 heterocycles. The van der Waals surface area contributed by atoms with E-state index in [9.17, 15) is 9.59 Å². The van der Waals surface area contributed by atoms with Crippen molar-refractivity contribution in [1.29, 1.82) is 0 Å². The molecule has 2 unspecified atom stereocenters. The van der Waals surface area contributed by atoms with E-state index < -0.39 is 24.0 Å². The largest absolute Gasteiger partial charge is 0.481 e. The molecule has 0 radical (unpaired) electrons. The molecule has 0 aromatic heterocycles. The first-order valence-electron chi connectivity index (χ1n) is 8.10. The first-order chi connectivity index (χ1) is 10.8. The molecular weight excluding hydrogens is 294 g/mol. The number of rotatable bonds is 7. The number of aliphatic carboxylic acids is 1. The Labute approximate surface area is 137 Å². The molecule has 5 nitrogen and oxygen atoms in total. The van der Waals surface area contributed by atoms with E-state index in [1.807, 2.05) is 25.1 Å². The van der Waals surface area contributed by atoms with Crippen LogP contribution >= 0.6 is 0 Å². The normalized spacial score (nSPS) is 16.7. The second kappa shape index (κ2) is 7.02. The zero-order valence-electron chi connectivity index (χ0n) is 14.1. The summed E-state index contributed by atoms with van der Waals surface area (Å²) in [5.41, 5.74) is 2.36. The first-order valence-corrected chi connectivity index (χ1v) is 8.10. The fraction of sp³-hybridized carbons (Fsp3) is 0.556. The van der Waals surface area contributed by atoms with Gasteiger partial charge in [-0.15, -0.1) is 0 Å². The highest BCUT2D eigenvalue weighted by atomic mass is 16.5. The number of hydrogen-bond acceptors (Lipinski definition) is 3. The molecule has 2 N–H and O–H groups in total. The fourth-order valence-corrected chi connectivity index (χ4v) is 2.71. The summed E-state index contributed by atoms with van der Waals surface area (Å²) in [6.45, 7) is 7.90. The van der Waals surface area contributed by atoms with E-state index in [0.29, 0.717) is 11.7 Å². The SMILES string of the molecule is Cc1cc(OC(C)C(=O)NC(C(=O)O)C2CC2)ccc1C(C)C. The van der Waals surface area contributed by atoms with Gasteiger partial charge in [0.25, 0.3) is 5.91 Å². The number of carbonyl (C=O) groups excluding carboxylic acids is 1. The highest BCUT2D eigenvalue weighted by molar-refractivity contribution is 5.86. The van der Waals surface area contributed by atoms with Crippen LogP contribution in [0.4, 0.5) is 0 Å². The van der Waals surface area contributed by atoms with Gasteiger partial charge in [0.15, 0.2) is 6.10 Å². The summed E-state index contributed by atoms with van der Waals surface area (Å²) < 4.78 is 5.67. The van der Waals surface area contributed by atoms with Gasteiger partial charge >= 0.3 is 5.97 Å². The Bertz CT molecular complexity index is 593. The standard InChI is InChI=1S/C18H25NO4/c1-10(2)15-8-7-14(9-11(15)3)23-12(4)17(20)19-16(18(21)22)13-5-6-13/h7-10,12-13,16H,5-6H2,1-4H3,(H,19,20)(H,21,22). The number of amides is 1. The summed E-state index contributed by atoms with van der Waals surface area (Å²) in [6, 6.07) is 4.96. The first kappa shape index (κ1) is 17.3. The van der Waals surface area contributed by atoms with E-state index >= 15 is 0 Å². The molecule has 1 fully saturated rings. The van der Waals surface area contributed by atoms with Gasteiger partial charge in [0.2, 0.25) is 0 Å². The Kier molecular flexibility index (Phi) is 5.29. The van der Waals surface area contributed by atoms with Gasteiger partial charge in [0.1, 0.15) is 11.8 Å². The topological polar surface area (TPSA) is 75.6 Å². The average molecular weight is 319 g/mol. The van der Waals surface area contributed by atoms with Crippen molar-refractivity contribution >= 4 is 11.9 Å². The summed E-state index contributed by atoms with van der Waals surface area (Å²) in [4.78, 5) is 23.3. The van der Waals surface area contributed by atoms with Gasteiger partial charge in [-0.1, -0.05) is 19.9 Å². The molecule has 1 aliphatic carbocycles. The molecule has 1 aliphatic rings.